The Morgan fingerprint density at radius 3 is 2.57 bits per heavy atom. The molecule has 2 heterocycles. The number of nitrogens with two attached hydrogens (primary N) is 1. The van der Waals surface area contributed by atoms with Crippen LogP contribution in [0, 0.1) is 0 Å². The minimum absolute atomic E-state index is 0.0343. The molecular formula is C16H21N5. The third-order valence-corrected chi connectivity index (χ3v) is 3.79. The minimum atomic E-state index is -0.0343. The second-order valence-corrected chi connectivity index (χ2v) is 6.39. The molecule has 0 fully saturated rings. The van der Waals surface area contributed by atoms with E-state index in [0.717, 1.165) is 30.4 Å². The molecule has 21 heavy (non-hydrogen) atoms. The SMILES string of the molecule is CC(C)(C)N1CN(Cc2ccccc2)C(N)=C2C=NN=C21. The molecule has 0 unspecified atom stereocenters. The van der Waals surface area contributed by atoms with E-state index in [0.29, 0.717) is 0 Å². The zero-order chi connectivity index (χ0) is 15.0. The Bertz CT molecular complexity index is 622. The Balaban J connectivity index is 1.93. The molecule has 0 atom stereocenters. The third kappa shape index (κ3) is 2.51. The van der Waals surface area contributed by atoms with Crippen molar-refractivity contribution in [2.75, 3.05) is 6.67 Å². The highest BCUT2D eigenvalue weighted by Crippen LogP contribution is 2.27. The van der Waals surface area contributed by atoms with Crippen LogP contribution in [-0.2, 0) is 6.54 Å². The Morgan fingerprint density at radius 1 is 1.19 bits per heavy atom. The van der Waals surface area contributed by atoms with Gasteiger partial charge in [0, 0.05) is 12.1 Å². The molecule has 0 saturated carbocycles. The lowest BCUT2D eigenvalue weighted by molar-refractivity contribution is 0.133. The van der Waals surface area contributed by atoms with Crippen molar-refractivity contribution < 1.29 is 0 Å². The number of hydrogen-bond donors (Lipinski definition) is 1. The summed E-state index contributed by atoms with van der Waals surface area (Å²) >= 11 is 0. The molecule has 3 rings (SSSR count). The number of amidine groups is 1. The average molecular weight is 283 g/mol. The van der Waals surface area contributed by atoms with Crippen LogP contribution >= 0.6 is 0 Å². The highest BCUT2D eigenvalue weighted by Gasteiger charge is 2.36. The summed E-state index contributed by atoms with van der Waals surface area (Å²) in [5.41, 5.74) is 8.45. The molecule has 2 aliphatic heterocycles. The molecule has 110 valence electrons. The van der Waals surface area contributed by atoms with E-state index in [-0.39, 0.29) is 5.54 Å². The van der Waals surface area contributed by atoms with Gasteiger partial charge in [-0.1, -0.05) is 30.3 Å². The first-order valence-corrected chi connectivity index (χ1v) is 7.14. The molecule has 1 aromatic rings. The molecule has 2 N–H and O–H groups in total. The van der Waals surface area contributed by atoms with Gasteiger partial charge in [-0.3, -0.25) is 0 Å². The molecule has 0 aromatic heterocycles. The predicted molar refractivity (Wildman–Crippen MR) is 85.6 cm³/mol. The fourth-order valence-electron chi connectivity index (χ4n) is 2.59. The van der Waals surface area contributed by atoms with Crippen molar-refractivity contribution in [3.8, 4) is 0 Å². The van der Waals surface area contributed by atoms with Crippen molar-refractivity contribution >= 4 is 12.1 Å². The quantitative estimate of drug-likeness (QED) is 0.904. The fourth-order valence-corrected chi connectivity index (χ4v) is 2.59. The van der Waals surface area contributed by atoms with Crippen molar-refractivity contribution in [3.05, 3.63) is 47.3 Å². The van der Waals surface area contributed by atoms with Gasteiger partial charge in [-0.05, 0) is 26.3 Å². The van der Waals surface area contributed by atoms with Gasteiger partial charge in [-0.15, -0.1) is 5.10 Å². The normalized spacial score (nSPS) is 18.1. The number of benzene rings is 1. The van der Waals surface area contributed by atoms with Crippen LogP contribution in [0.25, 0.3) is 0 Å². The van der Waals surface area contributed by atoms with Crippen LogP contribution in [0.5, 0.6) is 0 Å². The zero-order valence-corrected chi connectivity index (χ0v) is 12.7. The van der Waals surface area contributed by atoms with Gasteiger partial charge >= 0.3 is 0 Å². The first-order chi connectivity index (χ1) is 9.97. The van der Waals surface area contributed by atoms with Crippen molar-refractivity contribution in [2.24, 2.45) is 15.9 Å². The maximum Gasteiger partial charge on any atom is 0.165 e. The second kappa shape index (κ2) is 4.91. The maximum absolute atomic E-state index is 6.32. The molecule has 0 amide bonds. The first kappa shape index (κ1) is 13.7. The number of nitrogens with zero attached hydrogens (tertiary/aromatic N) is 4. The van der Waals surface area contributed by atoms with Gasteiger partial charge < -0.3 is 15.5 Å². The molecular weight excluding hydrogens is 262 g/mol. The van der Waals surface area contributed by atoms with E-state index in [1.807, 2.05) is 18.2 Å². The molecule has 0 spiro atoms. The fraction of sp³-hybridized carbons (Fsp3) is 0.375. The van der Waals surface area contributed by atoms with E-state index in [2.05, 4.69) is 52.9 Å². The lowest BCUT2D eigenvalue weighted by Gasteiger charge is -2.45. The highest BCUT2D eigenvalue weighted by atomic mass is 15.4. The van der Waals surface area contributed by atoms with Crippen LogP contribution < -0.4 is 5.73 Å². The van der Waals surface area contributed by atoms with Gasteiger partial charge in [0.2, 0.25) is 0 Å². The maximum atomic E-state index is 6.32. The predicted octanol–water partition coefficient (Wildman–Crippen LogP) is 2.13. The molecule has 0 saturated heterocycles. The van der Waals surface area contributed by atoms with E-state index >= 15 is 0 Å². The molecule has 5 heteroatoms. The van der Waals surface area contributed by atoms with Crippen LogP contribution in [-0.4, -0.2) is 34.1 Å². The van der Waals surface area contributed by atoms with Crippen LogP contribution in [0.3, 0.4) is 0 Å². The molecule has 0 bridgehead atoms. The van der Waals surface area contributed by atoms with Crippen LogP contribution in [0.15, 0.2) is 51.9 Å². The third-order valence-electron chi connectivity index (χ3n) is 3.79. The minimum Gasteiger partial charge on any atom is -0.385 e. The Morgan fingerprint density at radius 2 is 1.90 bits per heavy atom. The number of fused-ring (bicyclic) bond motifs is 1. The summed E-state index contributed by atoms with van der Waals surface area (Å²) in [6, 6.07) is 10.4. The average Bonchev–Trinajstić information content (AvgIpc) is 2.91. The van der Waals surface area contributed by atoms with E-state index in [9.17, 15) is 0 Å². The summed E-state index contributed by atoms with van der Waals surface area (Å²) in [5, 5.41) is 8.29. The van der Waals surface area contributed by atoms with E-state index in [1.54, 1.807) is 6.21 Å². The highest BCUT2D eigenvalue weighted by molar-refractivity contribution is 6.18. The monoisotopic (exact) mass is 283 g/mol. The van der Waals surface area contributed by atoms with Crippen molar-refractivity contribution in [1.82, 2.24) is 9.80 Å². The Labute approximate surface area is 125 Å². The van der Waals surface area contributed by atoms with E-state index in [1.165, 1.54) is 5.56 Å². The van der Waals surface area contributed by atoms with Gasteiger partial charge in [-0.25, -0.2) is 0 Å². The van der Waals surface area contributed by atoms with Gasteiger partial charge in [-0.2, -0.15) is 5.10 Å². The van der Waals surface area contributed by atoms with Crippen molar-refractivity contribution in [2.45, 2.75) is 32.9 Å². The van der Waals surface area contributed by atoms with Crippen molar-refractivity contribution in [3.63, 3.8) is 0 Å². The molecule has 0 radical (unpaired) electrons. The topological polar surface area (TPSA) is 57.2 Å². The summed E-state index contributed by atoms with van der Waals surface area (Å²) in [5.74, 6) is 1.63. The second-order valence-electron chi connectivity index (χ2n) is 6.39. The van der Waals surface area contributed by atoms with Crippen LogP contribution in [0.4, 0.5) is 0 Å². The number of rotatable bonds is 2. The molecule has 5 nitrogen and oxygen atoms in total. The van der Waals surface area contributed by atoms with Gasteiger partial charge in [0.1, 0.15) is 5.82 Å². The Kier molecular flexibility index (Phi) is 3.20. The van der Waals surface area contributed by atoms with E-state index < -0.39 is 0 Å². The van der Waals surface area contributed by atoms with Crippen LogP contribution in [0.1, 0.15) is 26.3 Å². The van der Waals surface area contributed by atoms with Crippen molar-refractivity contribution in [1.29, 1.82) is 0 Å². The summed E-state index contributed by atoms with van der Waals surface area (Å²) in [6.45, 7) is 8.02. The lowest BCUT2D eigenvalue weighted by atomic mass is 10.0. The lowest BCUT2D eigenvalue weighted by Crippen LogP contribution is -2.55. The molecule has 0 aliphatic carbocycles. The van der Waals surface area contributed by atoms with Gasteiger partial charge in [0.15, 0.2) is 5.84 Å². The van der Waals surface area contributed by atoms with E-state index in [4.69, 9.17) is 5.73 Å². The van der Waals surface area contributed by atoms with Gasteiger partial charge in [0.05, 0.1) is 18.5 Å². The first-order valence-electron chi connectivity index (χ1n) is 7.14. The molecule has 2 aliphatic rings. The number of hydrogen-bond acceptors (Lipinski definition) is 5. The smallest absolute Gasteiger partial charge is 0.165 e. The Hall–Kier alpha value is -2.30. The van der Waals surface area contributed by atoms with Crippen LogP contribution in [0.2, 0.25) is 0 Å². The molecule has 1 aromatic carbocycles. The standard InChI is InChI=1S/C16H21N5/c1-16(2,3)21-11-20(10-12-7-5-4-6-8-12)14(17)13-9-18-19-15(13)21/h4-9H,10-11,17H2,1-3H3. The summed E-state index contributed by atoms with van der Waals surface area (Å²) in [6.07, 6.45) is 1.75. The summed E-state index contributed by atoms with van der Waals surface area (Å²) < 4.78 is 0. The largest absolute Gasteiger partial charge is 0.385 e. The summed E-state index contributed by atoms with van der Waals surface area (Å²) in [7, 11) is 0. The van der Waals surface area contributed by atoms with Gasteiger partial charge in [0.25, 0.3) is 0 Å². The summed E-state index contributed by atoms with van der Waals surface area (Å²) in [4.78, 5) is 4.42. The zero-order valence-electron chi connectivity index (χ0n) is 12.7.